The summed E-state index contributed by atoms with van der Waals surface area (Å²) in [6.45, 7) is 1.84. The SMILES string of the molecule is CN(C)C(=O)N1CCOC(c2cccc(Br)c2)C1. The van der Waals surface area contributed by atoms with Crippen LogP contribution in [0, 0.1) is 0 Å². The van der Waals surface area contributed by atoms with E-state index in [9.17, 15) is 4.79 Å². The zero-order valence-corrected chi connectivity index (χ0v) is 12.2. The van der Waals surface area contributed by atoms with Crippen molar-refractivity contribution in [2.24, 2.45) is 0 Å². The van der Waals surface area contributed by atoms with Crippen LogP contribution in [0.4, 0.5) is 4.79 Å². The molecule has 1 atom stereocenters. The summed E-state index contributed by atoms with van der Waals surface area (Å²) in [5.41, 5.74) is 1.10. The maximum atomic E-state index is 11.9. The third-order valence-electron chi connectivity index (χ3n) is 2.94. The molecule has 18 heavy (non-hydrogen) atoms. The molecule has 1 aromatic carbocycles. The van der Waals surface area contributed by atoms with Crippen molar-refractivity contribution in [3.63, 3.8) is 0 Å². The first kappa shape index (κ1) is 13.4. The van der Waals surface area contributed by atoms with E-state index in [4.69, 9.17) is 4.74 Å². The summed E-state index contributed by atoms with van der Waals surface area (Å²) < 4.78 is 6.77. The molecule has 0 aliphatic carbocycles. The Morgan fingerprint density at radius 2 is 2.28 bits per heavy atom. The van der Waals surface area contributed by atoms with Crippen molar-refractivity contribution in [2.75, 3.05) is 33.8 Å². The van der Waals surface area contributed by atoms with Gasteiger partial charge in [-0.15, -0.1) is 0 Å². The highest BCUT2D eigenvalue weighted by Gasteiger charge is 2.26. The van der Waals surface area contributed by atoms with E-state index in [1.165, 1.54) is 0 Å². The van der Waals surface area contributed by atoms with Crippen molar-refractivity contribution >= 4 is 22.0 Å². The monoisotopic (exact) mass is 312 g/mol. The van der Waals surface area contributed by atoms with Gasteiger partial charge in [-0.3, -0.25) is 0 Å². The lowest BCUT2D eigenvalue weighted by Crippen LogP contribution is -2.46. The minimum absolute atomic E-state index is 0.0401. The number of nitrogens with zero attached hydrogens (tertiary/aromatic N) is 2. The van der Waals surface area contributed by atoms with E-state index in [2.05, 4.69) is 15.9 Å². The molecule has 0 bridgehead atoms. The van der Waals surface area contributed by atoms with Gasteiger partial charge in [0.25, 0.3) is 0 Å². The van der Waals surface area contributed by atoms with Crippen molar-refractivity contribution in [1.82, 2.24) is 9.80 Å². The van der Waals surface area contributed by atoms with E-state index < -0.39 is 0 Å². The Hall–Kier alpha value is -1.07. The number of morpholine rings is 1. The van der Waals surface area contributed by atoms with Gasteiger partial charge >= 0.3 is 6.03 Å². The summed E-state index contributed by atoms with van der Waals surface area (Å²) in [6.07, 6.45) is -0.0415. The summed E-state index contributed by atoms with van der Waals surface area (Å²) in [6, 6.07) is 8.07. The molecule has 0 radical (unpaired) electrons. The number of hydrogen-bond donors (Lipinski definition) is 0. The molecule has 5 heteroatoms. The van der Waals surface area contributed by atoms with Crippen LogP contribution in [0.15, 0.2) is 28.7 Å². The van der Waals surface area contributed by atoms with Gasteiger partial charge < -0.3 is 14.5 Å². The highest BCUT2D eigenvalue weighted by molar-refractivity contribution is 9.10. The first-order valence-electron chi connectivity index (χ1n) is 5.91. The Bertz CT molecular complexity index is 437. The second-order valence-electron chi connectivity index (χ2n) is 4.54. The lowest BCUT2D eigenvalue weighted by atomic mass is 10.1. The van der Waals surface area contributed by atoms with Crippen molar-refractivity contribution in [3.05, 3.63) is 34.3 Å². The van der Waals surface area contributed by atoms with Crippen LogP contribution in [-0.2, 0) is 4.74 Å². The fourth-order valence-corrected chi connectivity index (χ4v) is 2.43. The minimum atomic E-state index is -0.0415. The Labute approximate surface area is 116 Å². The summed E-state index contributed by atoms with van der Waals surface area (Å²) in [7, 11) is 3.54. The third kappa shape index (κ3) is 3.03. The molecule has 0 aromatic heterocycles. The minimum Gasteiger partial charge on any atom is -0.370 e. The highest BCUT2D eigenvalue weighted by Crippen LogP contribution is 2.25. The van der Waals surface area contributed by atoms with Crippen LogP contribution in [0.1, 0.15) is 11.7 Å². The van der Waals surface area contributed by atoms with Crippen molar-refractivity contribution in [1.29, 1.82) is 0 Å². The van der Waals surface area contributed by atoms with E-state index in [1.807, 2.05) is 29.2 Å². The normalized spacial score (nSPS) is 19.7. The Morgan fingerprint density at radius 3 is 2.94 bits per heavy atom. The van der Waals surface area contributed by atoms with E-state index in [1.54, 1.807) is 19.0 Å². The second-order valence-corrected chi connectivity index (χ2v) is 5.45. The van der Waals surface area contributed by atoms with Gasteiger partial charge in [0, 0.05) is 25.1 Å². The summed E-state index contributed by atoms with van der Waals surface area (Å²) in [5.74, 6) is 0. The van der Waals surface area contributed by atoms with E-state index >= 15 is 0 Å². The molecular weight excluding hydrogens is 296 g/mol. The number of ether oxygens (including phenoxy) is 1. The van der Waals surface area contributed by atoms with Crippen LogP contribution < -0.4 is 0 Å². The van der Waals surface area contributed by atoms with Crippen LogP contribution in [0.5, 0.6) is 0 Å². The summed E-state index contributed by atoms with van der Waals surface area (Å²) in [5, 5.41) is 0. The van der Waals surface area contributed by atoms with Gasteiger partial charge in [-0.2, -0.15) is 0 Å². The van der Waals surface area contributed by atoms with Crippen molar-refractivity contribution in [2.45, 2.75) is 6.10 Å². The largest absolute Gasteiger partial charge is 0.370 e. The number of carbonyl (C=O) groups excluding carboxylic acids is 1. The van der Waals surface area contributed by atoms with Crippen LogP contribution in [0.3, 0.4) is 0 Å². The van der Waals surface area contributed by atoms with Crippen LogP contribution in [-0.4, -0.2) is 49.6 Å². The van der Waals surface area contributed by atoms with Gasteiger partial charge in [-0.25, -0.2) is 4.79 Å². The van der Waals surface area contributed by atoms with Crippen LogP contribution in [0.2, 0.25) is 0 Å². The molecule has 0 N–H and O–H groups in total. The topological polar surface area (TPSA) is 32.8 Å². The van der Waals surface area contributed by atoms with Gasteiger partial charge in [0.1, 0.15) is 6.10 Å². The van der Waals surface area contributed by atoms with E-state index in [0.717, 1.165) is 10.0 Å². The Balaban J connectivity index is 2.09. The fourth-order valence-electron chi connectivity index (χ4n) is 2.01. The molecule has 2 rings (SSSR count). The Kier molecular flexibility index (Phi) is 4.24. The number of halogens is 1. The van der Waals surface area contributed by atoms with E-state index in [0.29, 0.717) is 19.7 Å². The lowest BCUT2D eigenvalue weighted by Gasteiger charge is -2.34. The molecule has 98 valence electrons. The molecular formula is C13H17BrN2O2. The van der Waals surface area contributed by atoms with Crippen molar-refractivity contribution < 1.29 is 9.53 Å². The molecule has 1 aliphatic rings. The first-order valence-corrected chi connectivity index (χ1v) is 6.70. The maximum Gasteiger partial charge on any atom is 0.319 e. The van der Waals surface area contributed by atoms with Gasteiger partial charge in [0.05, 0.1) is 13.2 Å². The zero-order chi connectivity index (χ0) is 13.1. The average Bonchev–Trinajstić information content (AvgIpc) is 2.38. The van der Waals surface area contributed by atoms with Gasteiger partial charge in [-0.1, -0.05) is 28.1 Å². The molecule has 0 saturated carbocycles. The van der Waals surface area contributed by atoms with Gasteiger partial charge in [0.2, 0.25) is 0 Å². The molecule has 1 unspecified atom stereocenters. The second kappa shape index (κ2) is 5.71. The number of urea groups is 1. The molecule has 4 nitrogen and oxygen atoms in total. The quantitative estimate of drug-likeness (QED) is 0.798. The summed E-state index contributed by atoms with van der Waals surface area (Å²) >= 11 is 3.45. The van der Waals surface area contributed by atoms with Gasteiger partial charge in [-0.05, 0) is 17.7 Å². The first-order chi connectivity index (χ1) is 8.58. The lowest BCUT2D eigenvalue weighted by molar-refractivity contribution is -0.0188. The van der Waals surface area contributed by atoms with Gasteiger partial charge in [0.15, 0.2) is 0 Å². The molecule has 1 fully saturated rings. The van der Waals surface area contributed by atoms with Crippen molar-refractivity contribution in [3.8, 4) is 0 Å². The number of amides is 2. The molecule has 1 heterocycles. The standard InChI is InChI=1S/C13H17BrN2O2/c1-15(2)13(17)16-6-7-18-12(9-16)10-4-3-5-11(14)8-10/h3-5,8,12H,6-7,9H2,1-2H3. The number of carbonyl (C=O) groups is 1. The number of benzene rings is 1. The zero-order valence-electron chi connectivity index (χ0n) is 10.6. The van der Waals surface area contributed by atoms with Crippen LogP contribution >= 0.6 is 15.9 Å². The summed E-state index contributed by atoms with van der Waals surface area (Å²) in [4.78, 5) is 15.4. The Morgan fingerprint density at radius 1 is 1.50 bits per heavy atom. The number of hydrogen-bond acceptors (Lipinski definition) is 2. The predicted molar refractivity (Wildman–Crippen MR) is 73.5 cm³/mol. The van der Waals surface area contributed by atoms with Crippen LogP contribution in [0.25, 0.3) is 0 Å². The average molecular weight is 313 g/mol. The smallest absolute Gasteiger partial charge is 0.319 e. The predicted octanol–water partition coefficient (Wildman–Crippen LogP) is 2.50. The highest BCUT2D eigenvalue weighted by atomic mass is 79.9. The molecule has 2 amide bonds. The fraction of sp³-hybridized carbons (Fsp3) is 0.462. The third-order valence-corrected chi connectivity index (χ3v) is 3.43. The molecule has 1 aromatic rings. The van der Waals surface area contributed by atoms with E-state index in [-0.39, 0.29) is 12.1 Å². The molecule has 0 spiro atoms. The maximum absolute atomic E-state index is 11.9. The molecule has 1 saturated heterocycles. The number of rotatable bonds is 1. The molecule has 1 aliphatic heterocycles.